The van der Waals surface area contributed by atoms with E-state index in [9.17, 15) is 0 Å². The van der Waals surface area contributed by atoms with Gasteiger partial charge in [-0.2, -0.15) is 0 Å². The lowest BCUT2D eigenvalue weighted by Gasteiger charge is -2.16. The molecule has 138 valence electrons. The van der Waals surface area contributed by atoms with E-state index in [-0.39, 0.29) is 0 Å². The fraction of sp³-hybridized carbons (Fsp3) is 0.273. The minimum absolute atomic E-state index is 0.317. The lowest BCUT2D eigenvalue weighted by molar-refractivity contribution is 0.528. The number of hydrogen-bond acceptors (Lipinski definition) is 3. The number of fused-ring (bicyclic) bond motifs is 2. The molecule has 4 rings (SSSR count). The highest BCUT2D eigenvalue weighted by atomic mass is 15.4. The maximum absolute atomic E-state index is 4.33. The van der Waals surface area contributed by atoms with E-state index in [1.54, 1.807) is 0 Å². The molecule has 0 fully saturated rings. The summed E-state index contributed by atoms with van der Waals surface area (Å²) in [5.74, 6) is 0. The second-order valence-electron chi connectivity index (χ2n) is 6.86. The number of para-hydroxylation sites is 1. The van der Waals surface area contributed by atoms with Crippen LogP contribution < -0.4 is 5.32 Å². The Morgan fingerprint density at radius 3 is 2.85 bits per heavy atom. The summed E-state index contributed by atoms with van der Waals surface area (Å²) in [6.07, 6.45) is 7.68. The minimum atomic E-state index is 0.317. The number of hydrogen-bond donors (Lipinski definition) is 1. The van der Waals surface area contributed by atoms with E-state index in [2.05, 4.69) is 63.3 Å². The number of aromatic nitrogens is 4. The maximum Gasteiger partial charge on any atom is 0.113 e. The molecule has 27 heavy (non-hydrogen) atoms. The molecule has 4 aromatic rings. The van der Waals surface area contributed by atoms with Gasteiger partial charge in [-0.1, -0.05) is 23.4 Å². The summed E-state index contributed by atoms with van der Waals surface area (Å²) in [6, 6.07) is 17.0. The molecule has 0 bridgehead atoms. The lowest BCUT2D eigenvalue weighted by Crippen LogP contribution is -2.09. The molecule has 5 nitrogen and oxygen atoms in total. The lowest BCUT2D eigenvalue weighted by atomic mass is 10.1. The van der Waals surface area contributed by atoms with E-state index >= 15 is 0 Å². The first-order valence-electron chi connectivity index (χ1n) is 9.50. The first-order chi connectivity index (χ1) is 13.3. The van der Waals surface area contributed by atoms with E-state index in [4.69, 9.17) is 0 Å². The summed E-state index contributed by atoms with van der Waals surface area (Å²) >= 11 is 0. The molecular weight excluding hydrogens is 334 g/mol. The molecule has 2 aromatic heterocycles. The van der Waals surface area contributed by atoms with Crippen molar-refractivity contribution < 1.29 is 0 Å². The molecule has 0 amide bonds. The normalized spacial score (nSPS) is 12.6. The van der Waals surface area contributed by atoms with Crippen molar-refractivity contribution in [2.24, 2.45) is 0 Å². The SMILES string of the molecule is C=CC(CCCCNC)n1ccc2cc(-n3nnc4ccccc43)ccc21. The quantitative estimate of drug-likeness (QED) is 0.372. The van der Waals surface area contributed by atoms with Gasteiger partial charge in [0.25, 0.3) is 0 Å². The Labute approximate surface area is 159 Å². The first kappa shape index (κ1) is 17.5. The zero-order valence-corrected chi connectivity index (χ0v) is 15.7. The predicted octanol–water partition coefficient (Wildman–Crippen LogP) is 4.49. The van der Waals surface area contributed by atoms with Crippen LogP contribution in [0.4, 0.5) is 0 Å². The van der Waals surface area contributed by atoms with Crippen LogP contribution in [0.25, 0.3) is 27.6 Å². The highest BCUT2D eigenvalue weighted by Gasteiger charge is 2.12. The summed E-state index contributed by atoms with van der Waals surface area (Å²) in [6.45, 7) is 5.12. The first-order valence-corrected chi connectivity index (χ1v) is 9.50. The molecule has 2 aromatic carbocycles. The fourth-order valence-corrected chi connectivity index (χ4v) is 3.66. The van der Waals surface area contributed by atoms with Gasteiger partial charge in [0.2, 0.25) is 0 Å². The standard InChI is InChI=1S/C22H25N5/c1-3-18(8-6-7-14-23-2)26-15-13-17-16-19(11-12-21(17)26)27-22-10-5-4-9-20(22)24-25-27/h3-5,9-13,15-16,18,23H,1,6-8,14H2,2H3. The molecule has 0 saturated carbocycles. The van der Waals surface area contributed by atoms with Crippen LogP contribution >= 0.6 is 0 Å². The molecule has 5 heteroatoms. The fourth-order valence-electron chi connectivity index (χ4n) is 3.66. The van der Waals surface area contributed by atoms with Gasteiger partial charge in [0.05, 0.1) is 17.2 Å². The summed E-state index contributed by atoms with van der Waals surface area (Å²) in [4.78, 5) is 0. The predicted molar refractivity (Wildman–Crippen MR) is 111 cm³/mol. The zero-order chi connectivity index (χ0) is 18.6. The number of allylic oxidation sites excluding steroid dienone is 1. The third-order valence-corrected chi connectivity index (χ3v) is 5.11. The number of nitrogens with one attached hydrogen (secondary N) is 1. The average Bonchev–Trinajstić information content (AvgIpc) is 3.32. The van der Waals surface area contributed by atoms with Crippen LogP contribution in [-0.2, 0) is 0 Å². The Bertz CT molecular complexity index is 1060. The van der Waals surface area contributed by atoms with Gasteiger partial charge in [0, 0.05) is 17.1 Å². The van der Waals surface area contributed by atoms with Crippen LogP contribution in [0.2, 0.25) is 0 Å². The highest BCUT2D eigenvalue weighted by molar-refractivity contribution is 5.84. The smallest absolute Gasteiger partial charge is 0.113 e. The van der Waals surface area contributed by atoms with Gasteiger partial charge >= 0.3 is 0 Å². The Morgan fingerprint density at radius 1 is 1.11 bits per heavy atom. The van der Waals surface area contributed by atoms with Crippen LogP contribution in [0.15, 0.2) is 67.4 Å². The summed E-state index contributed by atoms with van der Waals surface area (Å²) in [5, 5.41) is 13.0. The second kappa shape index (κ2) is 7.76. The Balaban J connectivity index is 1.64. The van der Waals surface area contributed by atoms with E-state index in [0.29, 0.717) is 6.04 Å². The van der Waals surface area contributed by atoms with E-state index in [1.807, 2.05) is 36.0 Å². The number of rotatable bonds is 8. The van der Waals surface area contributed by atoms with Gasteiger partial charge in [0.1, 0.15) is 5.52 Å². The molecule has 0 radical (unpaired) electrons. The van der Waals surface area contributed by atoms with Gasteiger partial charge < -0.3 is 9.88 Å². The Kier molecular flexibility index (Phi) is 5.03. The largest absolute Gasteiger partial charge is 0.341 e. The van der Waals surface area contributed by atoms with Crippen LogP contribution in [0, 0.1) is 0 Å². The molecule has 0 aliphatic carbocycles. The summed E-state index contributed by atoms with van der Waals surface area (Å²) in [7, 11) is 2.00. The molecule has 0 aliphatic rings. The average molecular weight is 359 g/mol. The van der Waals surface area contributed by atoms with Crippen LogP contribution in [0.5, 0.6) is 0 Å². The molecule has 0 aliphatic heterocycles. The summed E-state index contributed by atoms with van der Waals surface area (Å²) < 4.78 is 4.22. The Morgan fingerprint density at radius 2 is 2.00 bits per heavy atom. The Hall–Kier alpha value is -2.92. The molecule has 1 N–H and O–H groups in total. The molecule has 0 saturated heterocycles. The minimum Gasteiger partial charge on any atom is -0.341 e. The molecule has 2 heterocycles. The number of benzene rings is 2. The molecule has 0 spiro atoms. The van der Waals surface area contributed by atoms with Gasteiger partial charge in [-0.05, 0) is 69.3 Å². The van der Waals surface area contributed by atoms with Gasteiger partial charge in [-0.3, -0.25) is 0 Å². The van der Waals surface area contributed by atoms with Crippen molar-refractivity contribution in [3.8, 4) is 5.69 Å². The third kappa shape index (κ3) is 3.38. The third-order valence-electron chi connectivity index (χ3n) is 5.11. The molecule has 1 atom stereocenters. The highest BCUT2D eigenvalue weighted by Crippen LogP contribution is 2.27. The van der Waals surface area contributed by atoms with Crippen molar-refractivity contribution in [2.75, 3.05) is 13.6 Å². The van der Waals surface area contributed by atoms with Crippen molar-refractivity contribution in [1.82, 2.24) is 24.9 Å². The van der Waals surface area contributed by atoms with Crippen LogP contribution in [0.3, 0.4) is 0 Å². The number of nitrogens with zero attached hydrogens (tertiary/aromatic N) is 4. The monoisotopic (exact) mass is 359 g/mol. The van der Waals surface area contributed by atoms with Crippen LogP contribution in [0.1, 0.15) is 25.3 Å². The topological polar surface area (TPSA) is 47.7 Å². The van der Waals surface area contributed by atoms with Crippen molar-refractivity contribution >= 4 is 21.9 Å². The van der Waals surface area contributed by atoms with Crippen LogP contribution in [-0.4, -0.2) is 33.2 Å². The van der Waals surface area contributed by atoms with Crippen molar-refractivity contribution in [2.45, 2.75) is 25.3 Å². The number of unbranched alkanes of at least 4 members (excludes halogenated alkanes) is 1. The molecular formula is C22H25N5. The van der Waals surface area contributed by atoms with E-state index in [1.165, 1.54) is 23.7 Å². The zero-order valence-electron chi connectivity index (χ0n) is 15.7. The van der Waals surface area contributed by atoms with Gasteiger partial charge in [-0.15, -0.1) is 11.7 Å². The van der Waals surface area contributed by atoms with Crippen molar-refractivity contribution in [3.63, 3.8) is 0 Å². The summed E-state index contributed by atoms with van der Waals surface area (Å²) in [5.41, 5.74) is 4.17. The second-order valence-corrected chi connectivity index (χ2v) is 6.86. The van der Waals surface area contributed by atoms with E-state index < -0.39 is 0 Å². The maximum atomic E-state index is 4.33. The van der Waals surface area contributed by atoms with Gasteiger partial charge in [-0.25, -0.2) is 4.68 Å². The van der Waals surface area contributed by atoms with Crippen molar-refractivity contribution in [1.29, 1.82) is 0 Å². The van der Waals surface area contributed by atoms with Gasteiger partial charge in [0.15, 0.2) is 0 Å². The molecule has 1 unspecified atom stereocenters. The van der Waals surface area contributed by atoms with E-state index in [0.717, 1.165) is 29.7 Å². The van der Waals surface area contributed by atoms with Crippen molar-refractivity contribution in [3.05, 3.63) is 67.4 Å².